The number of fused-ring (bicyclic) bond motifs is 12. The number of hydrogen-bond acceptors (Lipinski definition) is 8. The van der Waals surface area contributed by atoms with Crippen LogP contribution in [0.2, 0.25) is 0 Å². The van der Waals surface area contributed by atoms with Gasteiger partial charge in [0.05, 0.1) is 58.8 Å². The molecule has 1 aliphatic rings. The molecule has 0 atom stereocenters. The van der Waals surface area contributed by atoms with Crippen molar-refractivity contribution in [2.75, 3.05) is 0 Å². The molecule has 52 heavy (non-hydrogen) atoms. The Morgan fingerprint density at radius 3 is 1.69 bits per heavy atom. The molecule has 1 aliphatic heterocycles. The van der Waals surface area contributed by atoms with Crippen LogP contribution in [0.5, 0.6) is 11.5 Å². The number of thiazole rings is 2. The summed E-state index contributed by atoms with van der Waals surface area (Å²) in [6, 6.07) is 16.9. The van der Waals surface area contributed by atoms with E-state index in [9.17, 15) is 10.2 Å². The fraction of sp³-hybridized carbons (Fsp3) is 0.163. The molecule has 12 bridgehead atoms. The Morgan fingerprint density at radius 1 is 0.538 bits per heavy atom. The number of phenolic OH excluding ortho intramolecular Hbond substituents is 2. The predicted octanol–water partition coefficient (Wildman–Crippen LogP) is 11.4. The number of aromatic hydroxyl groups is 2. The summed E-state index contributed by atoms with van der Waals surface area (Å²) in [7, 11) is 0. The third-order valence-electron chi connectivity index (χ3n) is 11.0. The van der Waals surface area contributed by atoms with Gasteiger partial charge in [-0.1, -0.05) is 6.07 Å². The van der Waals surface area contributed by atoms with Crippen LogP contribution < -0.4 is 0 Å². The molecule has 0 amide bonds. The number of hydrogen-bond donors (Lipinski definition) is 3. The molecule has 0 saturated carbocycles. The number of aromatic amines is 1. The molecule has 252 valence electrons. The van der Waals surface area contributed by atoms with Crippen LogP contribution in [0.1, 0.15) is 44.6 Å². The van der Waals surface area contributed by atoms with Gasteiger partial charge in [-0.2, -0.15) is 0 Å². The maximum Gasteiger partial charge on any atom is 0.142 e. The van der Waals surface area contributed by atoms with Crippen LogP contribution >= 0.6 is 22.7 Å². The number of rotatable bonds is 0. The maximum absolute atomic E-state index is 12.1. The molecule has 0 fully saturated rings. The summed E-state index contributed by atoms with van der Waals surface area (Å²) in [5, 5.41) is 31.0. The summed E-state index contributed by atoms with van der Waals surface area (Å²) in [4.78, 5) is 26.2. The van der Waals surface area contributed by atoms with Gasteiger partial charge >= 0.3 is 0 Å². The van der Waals surface area contributed by atoms with Gasteiger partial charge in [-0.3, -0.25) is 4.98 Å². The van der Waals surface area contributed by atoms with Crippen LogP contribution in [0.3, 0.4) is 0 Å². The molecule has 0 saturated heterocycles. The molecule has 7 nitrogen and oxygen atoms in total. The lowest BCUT2D eigenvalue weighted by molar-refractivity contribution is 0.486. The second-order valence-corrected chi connectivity index (χ2v) is 16.7. The van der Waals surface area contributed by atoms with Gasteiger partial charge in [0.15, 0.2) is 0 Å². The molecular formula is C43H31N5O2S2. The predicted molar refractivity (Wildman–Crippen MR) is 217 cm³/mol. The minimum Gasteiger partial charge on any atom is -0.507 e. The van der Waals surface area contributed by atoms with Crippen LogP contribution in [0.4, 0.5) is 0 Å². The number of nitrogens with zero attached hydrogens (tertiary/aromatic N) is 4. The van der Waals surface area contributed by atoms with Crippen LogP contribution in [0, 0.1) is 41.5 Å². The molecule has 10 aromatic rings. The Morgan fingerprint density at radius 2 is 1.06 bits per heavy atom. The first-order chi connectivity index (χ1) is 25.0. The Balaban J connectivity index is 1.44. The van der Waals surface area contributed by atoms with Crippen molar-refractivity contribution in [3.63, 3.8) is 0 Å². The van der Waals surface area contributed by atoms with Crippen molar-refractivity contribution >= 4 is 118 Å². The summed E-state index contributed by atoms with van der Waals surface area (Å²) in [6.07, 6.45) is 0.601. The molecule has 6 aromatic carbocycles. The van der Waals surface area contributed by atoms with Gasteiger partial charge in [0.2, 0.25) is 0 Å². The third-order valence-corrected chi connectivity index (χ3v) is 13.4. The highest BCUT2D eigenvalue weighted by Gasteiger charge is 2.23. The smallest absolute Gasteiger partial charge is 0.142 e. The standard InChI is InChI=1S/C43H31N5O2S2/c1-16-7-25-29-15-24-18(3)11-22-13-20(5)39-35(30(22)33(24)44-29)47-43(51-39)28-10-17(2)8-26(38(28)50)41-45-32-19(4)12-23-14-21(6)40-36(31(23)34(32)46-41)48-42(52-40)27(9-16)37(25)49/h7-14,49-50H,15H2,1-6H3,(H,45,46). The van der Waals surface area contributed by atoms with Gasteiger partial charge in [0.25, 0.3) is 0 Å². The molecule has 9 heteroatoms. The molecule has 4 aromatic heterocycles. The van der Waals surface area contributed by atoms with Crippen molar-refractivity contribution < 1.29 is 10.2 Å². The van der Waals surface area contributed by atoms with E-state index in [-0.39, 0.29) is 11.5 Å². The molecule has 3 N–H and O–H groups in total. The van der Waals surface area contributed by atoms with Crippen molar-refractivity contribution in [3.8, 4) is 11.5 Å². The quantitative estimate of drug-likeness (QED) is 0.144. The fourth-order valence-corrected chi connectivity index (χ4v) is 10.7. The highest BCUT2D eigenvalue weighted by Crippen LogP contribution is 2.45. The maximum atomic E-state index is 12.1. The molecular weight excluding hydrogens is 683 g/mol. The molecule has 0 aliphatic carbocycles. The topological polar surface area (TPSA) is 108 Å². The van der Waals surface area contributed by atoms with Crippen LogP contribution in [0.25, 0.3) is 95.4 Å². The minimum atomic E-state index is 0.143. The molecule has 11 rings (SSSR count). The van der Waals surface area contributed by atoms with Crippen molar-refractivity contribution in [1.29, 1.82) is 0 Å². The average Bonchev–Trinajstić information content (AvgIpc) is 3.91. The number of nitrogens with one attached hydrogen (secondary N) is 1. The average molecular weight is 714 g/mol. The lowest BCUT2D eigenvalue weighted by atomic mass is 9.96. The first kappa shape index (κ1) is 30.0. The molecule has 5 heterocycles. The molecule has 0 spiro atoms. The van der Waals surface area contributed by atoms with Crippen LogP contribution in [0.15, 0.2) is 48.5 Å². The monoisotopic (exact) mass is 713 g/mol. The molecule has 0 radical (unpaired) electrons. The summed E-state index contributed by atoms with van der Waals surface area (Å²) in [5.74, 6) is 0.337. The van der Waals surface area contributed by atoms with Crippen molar-refractivity contribution in [3.05, 3.63) is 93.2 Å². The number of phenols is 2. The zero-order valence-corrected chi connectivity index (χ0v) is 31.0. The van der Waals surface area contributed by atoms with Gasteiger partial charge in [0, 0.05) is 22.6 Å². The highest BCUT2D eigenvalue weighted by molar-refractivity contribution is 7.25. The number of aromatic nitrogens is 5. The van der Waals surface area contributed by atoms with E-state index in [1.54, 1.807) is 22.7 Å². The summed E-state index contributed by atoms with van der Waals surface area (Å²) < 4.78 is 2.12. The van der Waals surface area contributed by atoms with Gasteiger partial charge in [-0.05, 0) is 134 Å². The Bertz CT molecular complexity index is 3430. The van der Waals surface area contributed by atoms with E-state index in [1.807, 2.05) is 31.2 Å². The van der Waals surface area contributed by atoms with E-state index in [4.69, 9.17) is 19.9 Å². The Labute approximate surface area is 304 Å². The van der Waals surface area contributed by atoms with E-state index in [0.717, 1.165) is 118 Å². The Kier molecular flexibility index (Phi) is 5.79. The number of H-pyrrole nitrogens is 1. The second-order valence-electron chi connectivity index (χ2n) is 14.7. The summed E-state index contributed by atoms with van der Waals surface area (Å²) in [6.45, 7) is 12.6. The zero-order valence-electron chi connectivity index (χ0n) is 29.3. The first-order valence-electron chi connectivity index (χ1n) is 17.4. The van der Waals surface area contributed by atoms with Crippen LogP contribution in [-0.2, 0) is 6.42 Å². The van der Waals surface area contributed by atoms with Crippen LogP contribution in [-0.4, -0.2) is 35.1 Å². The van der Waals surface area contributed by atoms with E-state index in [0.29, 0.717) is 28.2 Å². The van der Waals surface area contributed by atoms with Gasteiger partial charge in [-0.25, -0.2) is 15.0 Å². The van der Waals surface area contributed by atoms with E-state index < -0.39 is 0 Å². The summed E-state index contributed by atoms with van der Waals surface area (Å²) in [5.41, 5.74) is 13.4. The first-order valence-corrected chi connectivity index (χ1v) is 19.0. The number of aryl methyl sites for hydroxylation is 6. The van der Waals surface area contributed by atoms with Crippen molar-refractivity contribution in [2.45, 2.75) is 48.0 Å². The second kappa shape index (κ2) is 10.0. The lowest BCUT2D eigenvalue weighted by Crippen LogP contribution is -1.90. The normalized spacial score (nSPS) is 12.9. The largest absolute Gasteiger partial charge is 0.507 e. The van der Waals surface area contributed by atoms with E-state index >= 15 is 0 Å². The van der Waals surface area contributed by atoms with Gasteiger partial charge in [-0.15, -0.1) is 22.7 Å². The third kappa shape index (κ3) is 3.89. The Hall–Kier alpha value is -5.64. The molecule has 0 unspecified atom stereocenters. The van der Waals surface area contributed by atoms with Crippen molar-refractivity contribution in [1.82, 2.24) is 24.9 Å². The van der Waals surface area contributed by atoms with Gasteiger partial charge in [0.1, 0.15) is 26.8 Å². The van der Waals surface area contributed by atoms with E-state index in [2.05, 4.69) is 63.9 Å². The number of benzene rings is 6. The number of imidazole rings is 1. The summed E-state index contributed by atoms with van der Waals surface area (Å²) >= 11 is 3.18. The SMILES string of the molecule is Cc1cc2c3nc4c(c(C)cc5cc(C)c6sc(nc6c54)c4cc(C)cc(c4O)c4nc5c([nH]4)c(C)cc4cc(C)c6sc(nc6c45)c(c1)c2O)C3. The van der Waals surface area contributed by atoms with Gasteiger partial charge < -0.3 is 15.2 Å². The zero-order chi connectivity index (χ0) is 35.5. The highest BCUT2D eigenvalue weighted by atomic mass is 32.1. The lowest BCUT2D eigenvalue weighted by Gasteiger charge is -2.08. The van der Waals surface area contributed by atoms with Crippen molar-refractivity contribution in [2.24, 2.45) is 0 Å². The minimum absolute atomic E-state index is 0.143. The fourth-order valence-electron chi connectivity index (χ4n) is 8.54. The van der Waals surface area contributed by atoms with E-state index in [1.165, 1.54) is 0 Å².